The van der Waals surface area contributed by atoms with Crippen LogP contribution in [0.5, 0.6) is 0 Å². The summed E-state index contributed by atoms with van der Waals surface area (Å²) in [5.74, 6) is -6.10. The zero-order chi connectivity index (χ0) is 55.7. The zero-order valence-electron chi connectivity index (χ0n) is 39.7. The van der Waals surface area contributed by atoms with Crippen LogP contribution < -0.4 is 10.6 Å². The Morgan fingerprint density at radius 2 is 1.63 bits per heavy atom. The molecule has 2 aliphatic rings. The molecule has 1 unspecified atom stereocenters. The maximum Gasteiger partial charge on any atom is 0.435 e. The van der Waals surface area contributed by atoms with Gasteiger partial charge in [-0.05, 0) is 79.8 Å². The van der Waals surface area contributed by atoms with E-state index in [2.05, 4.69) is 37.7 Å². The number of nitrogens with one attached hydrogen (secondary N) is 2. The van der Waals surface area contributed by atoms with Crippen LogP contribution in [0.2, 0.25) is 5.02 Å². The predicted octanol–water partition coefficient (Wildman–Crippen LogP) is 8.44. The molecule has 1 fully saturated rings. The Bertz CT molecular complexity index is 3330. The van der Waals surface area contributed by atoms with Crippen LogP contribution in [0.15, 0.2) is 42.5 Å². The third kappa shape index (κ3) is 12.2. The van der Waals surface area contributed by atoms with Gasteiger partial charge in [0.2, 0.25) is 11.8 Å². The van der Waals surface area contributed by atoms with Gasteiger partial charge in [-0.15, -0.1) is 0 Å². The van der Waals surface area contributed by atoms with Gasteiger partial charge in [0.25, 0.3) is 17.2 Å². The summed E-state index contributed by atoms with van der Waals surface area (Å²) in [4.78, 5) is 43.5. The van der Waals surface area contributed by atoms with Crippen molar-refractivity contribution in [3.05, 3.63) is 98.7 Å². The van der Waals surface area contributed by atoms with Gasteiger partial charge in [0.15, 0.2) is 15.5 Å². The number of amides is 3. The minimum Gasteiger partial charge on any atom is -0.465 e. The van der Waals surface area contributed by atoms with Crippen LogP contribution in [0.3, 0.4) is 0 Å². The Morgan fingerprint density at radius 1 is 0.987 bits per heavy atom. The number of rotatable bonds is 16. The second kappa shape index (κ2) is 20.0. The number of hydrogen-bond acceptors (Lipinski definition) is 9. The molecule has 0 spiro atoms. The summed E-state index contributed by atoms with van der Waals surface area (Å²) in [5.41, 5.74) is -7.21. The first-order valence-corrected chi connectivity index (χ1v) is 25.5. The van der Waals surface area contributed by atoms with E-state index in [9.17, 15) is 66.7 Å². The molecule has 4 atom stereocenters. The van der Waals surface area contributed by atoms with Gasteiger partial charge in [-0.1, -0.05) is 37.4 Å². The van der Waals surface area contributed by atoms with Crippen molar-refractivity contribution in [2.24, 2.45) is 11.3 Å². The van der Waals surface area contributed by atoms with Crippen molar-refractivity contribution in [3.8, 4) is 23.0 Å². The highest BCUT2D eigenvalue weighted by Crippen LogP contribution is 2.68. The van der Waals surface area contributed by atoms with Crippen LogP contribution >= 0.6 is 11.6 Å². The van der Waals surface area contributed by atoms with Crippen LogP contribution in [-0.2, 0) is 68.8 Å². The van der Waals surface area contributed by atoms with Gasteiger partial charge >= 0.3 is 18.4 Å². The van der Waals surface area contributed by atoms with Crippen LogP contribution in [0.1, 0.15) is 92.1 Å². The lowest BCUT2D eigenvalue weighted by molar-refractivity contribution is -0.143. The topological polar surface area (TPSA) is 219 Å². The van der Waals surface area contributed by atoms with E-state index >= 15 is 8.78 Å². The van der Waals surface area contributed by atoms with E-state index in [1.165, 1.54) is 39.8 Å². The summed E-state index contributed by atoms with van der Waals surface area (Å²) < 4.78 is 195. The van der Waals surface area contributed by atoms with Crippen LogP contribution in [0, 0.1) is 34.8 Å². The van der Waals surface area contributed by atoms with Crippen molar-refractivity contribution in [3.63, 3.8) is 0 Å². The monoisotopic (exact) mass is 1120 g/mol. The van der Waals surface area contributed by atoms with E-state index in [4.69, 9.17) is 16.7 Å². The summed E-state index contributed by atoms with van der Waals surface area (Å²) in [7, 11) is -3.91. The van der Waals surface area contributed by atoms with Crippen molar-refractivity contribution in [2.45, 2.75) is 102 Å². The fourth-order valence-electron chi connectivity index (χ4n) is 8.70. The molecule has 3 amide bonds. The Kier molecular flexibility index (Phi) is 15.0. The van der Waals surface area contributed by atoms with E-state index < -0.39 is 163 Å². The summed E-state index contributed by atoms with van der Waals surface area (Å²) >= 11 is 3.49. The number of aromatic nitrogens is 5. The van der Waals surface area contributed by atoms with Gasteiger partial charge in [-0.3, -0.25) is 23.5 Å². The van der Waals surface area contributed by atoms with Crippen molar-refractivity contribution in [1.82, 2.24) is 39.5 Å². The number of alkyl halides is 8. The number of hydrogen-bond donors (Lipinski definition) is 4. The molecule has 29 heteroatoms. The molecule has 16 nitrogen and oxygen atoms in total. The van der Waals surface area contributed by atoms with Crippen molar-refractivity contribution >= 4 is 61.5 Å². The average Bonchev–Trinajstić information content (AvgIpc) is 3.78. The lowest BCUT2D eigenvalue weighted by atomic mass is 9.89. The van der Waals surface area contributed by atoms with Gasteiger partial charge in [-0.2, -0.15) is 45.3 Å². The fraction of sp³-hybridized carbons (Fsp3) is 0.435. The summed E-state index contributed by atoms with van der Waals surface area (Å²) in [6, 6.07) is 5.02. The number of sulfone groups is 1. The van der Waals surface area contributed by atoms with Gasteiger partial charge < -0.3 is 15.7 Å². The molecule has 7 rings (SSSR count). The van der Waals surface area contributed by atoms with Gasteiger partial charge in [0.1, 0.15) is 40.9 Å². The second-order valence-corrected chi connectivity index (χ2v) is 23.2. The lowest BCUT2D eigenvalue weighted by Crippen LogP contribution is -2.39. The number of carbonyl (C=O) groups is 3. The first kappa shape index (κ1) is 56.4. The third-order valence-electron chi connectivity index (χ3n) is 12.5. The predicted molar refractivity (Wildman–Crippen MR) is 248 cm³/mol. The summed E-state index contributed by atoms with van der Waals surface area (Å²) in [6.07, 6.45) is -12.4. The maximum absolute atomic E-state index is 15.6. The first-order chi connectivity index (χ1) is 34.5. The largest absolute Gasteiger partial charge is 0.465 e. The molecule has 404 valence electrons. The molecule has 4 N–H and O–H groups in total. The number of benzene rings is 2. The number of fused-ring (bicyclic) bond motifs is 4. The molecule has 2 aromatic carbocycles. The molecule has 0 radical (unpaired) electrons. The van der Waals surface area contributed by atoms with E-state index in [0.29, 0.717) is 15.1 Å². The average molecular weight is 1130 g/mol. The second-order valence-electron chi connectivity index (χ2n) is 19.3. The smallest absolute Gasteiger partial charge is 0.435 e. The Balaban J connectivity index is 1.43. The number of halogens is 11. The minimum atomic E-state index is -5.22. The standard InChI is InChI=1S/C46H43ClF10N8O8S2/c1-42(2,20-58-41(68)69)17-34(67)65(74(70)71)18-32-36-30(47)9-8-27(38(36)64(61-32)21-44(50,51)52)26-7-6-25(10-11-43(3,4)75(5,72)73)59-37(26)31(14-22-12-23(48)15-24(49)13-22)60-33(66)19-63-40-35(39(62-63)46(55,56)57)28-16-29(28)45(40,53)54/h6-9,12-13,15,28-29,31,58H,14,16-21H2,1-5H3,(H,60,66)(H,68,69)(H,70,71)/t28-,29+,31-/m0/s1. The fourth-order valence-corrected chi connectivity index (χ4v) is 9.67. The molecule has 0 bridgehead atoms. The summed E-state index contributed by atoms with van der Waals surface area (Å²) in [5, 5.41) is 20.4. The van der Waals surface area contributed by atoms with Crippen molar-refractivity contribution < 1.29 is 80.6 Å². The third-order valence-corrected chi connectivity index (χ3v) is 15.5. The molecule has 3 heterocycles. The molecule has 75 heavy (non-hydrogen) atoms. The zero-order valence-corrected chi connectivity index (χ0v) is 42.1. The van der Waals surface area contributed by atoms with Gasteiger partial charge in [0.05, 0.1) is 34.5 Å². The Hall–Kier alpha value is -6.31. The molecule has 0 aliphatic heterocycles. The molecule has 2 aliphatic carbocycles. The molecule has 0 saturated heterocycles. The number of carboxylic acid groups (broad SMARTS) is 1. The van der Waals surface area contributed by atoms with E-state index in [1.54, 1.807) is 0 Å². The molecular formula is C46H43ClF10N8O8S2. The van der Waals surface area contributed by atoms with E-state index in [1.807, 2.05) is 0 Å². The molecular weight excluding hydrogens is 1080 g/mol. The highest BCUT2D eigenvalue weighted by Gasteiger charge is 2.68. The Morgan fingerprint density at radius 3 is 2.21 bits per heavy atom. The van der Waals surface area contributed by atoms with Crippen molar-refractivity contribution in [2.75, 3.05) is 12.8 Å². The lowest BCUT2D eigenvalue weighted by Gasteiger charge is -2.26. The molecule has 5 aromatic rings. The Labute approximate surface area is 427 Å². The first-order valence-electron chi connectivity index (χ1n) is 22.2. The van der Waals surface area contributed by atoms with Gasteiger partial charge in [0, 0.05) is 53.3 Å². The molecule has 1 saturated carbocycles. The van der Waals surface area contributed by atoms with E-state index in [0.717, 1.165) is 30.5 Å². The number of pyridine rings is 1. The normalized spacial score (nSPS) is 17.1. The summed E-state index contributed by atoms with van der Waals surface area (Å²) in [6.45, 7) is 0.887. The SMILES string of the molecule is CC(C)(CNC(=O)O)CC(=O)N(Cc1nn(CC(F)(F)F)c2c(-c3ccc(C#CC(C)(C)S(C)(=O)=O)nc3[C@H](Cc3cc(F)cc(F)c3)NC(=O)Cn3nc(C(F)(F)F)c4c3C(F)(F)[C@@H]3C[C@H]43)ccc(Cl)c12)S(=O)O. The number of carbonyl (C=O) groups excluding carboxylic acids is 2. The van der Waals surface area contributed by atoms with Crippen molar-refractivity contribution in [1.29, 1.82) is 0 Å². The van der Waals surface area contributed by atoms with E-state index in [-0.39, 0.29) is 50.4 Å². The van der Waals surface area contributed by atoms with Crippen LogP contribution in [0.25, 0.3) is 22.0 Å². The minimum absolute atomic E-state index is 0.198. The molecule has 3 aromatic heterocycles. The number of nitrogens with zero attached hydrogens (tertiary/aromatic N) is 6. The van der Waals surface area contributed by atoms with Crippen LogP contribution in [-0.4, -0.2) is 92.8 Å². The highest BCUT2D eigenvalue weighted by atomic mass is 35.5. The van der Waals surface area contributed by atoms with Gasteiger partial charge in [-0.25, -0.2) is 35.5 Å². The quantitative estimate of drug-likeness (QED) is 0.0417. The van der Waals surface area contributed by atoms with Crippen LogP contribution in [0.4, 0.5) is 48.7 Å². The maximum atomic E-state index is 15.6. The highest BCUT2D eigenvalue weighted by molar-refractivity contribution is 7.92.